The van der Waals surface area contributed by atoms with Gasteiger partial charge in [0.1, 0.15) is 5.75 Å². The highest BCUT2D eigenvalue weighted by Gasteiger charge is 2.18. The highest BCUT2D eigenvalue weighted by Crippen LogP contribution is 2.23. The predicted octanol–water partition coefficient (Wildman–Crippen LogP) is 4.74. The Morgan fingerprint density at radius 1 is 1.06 bits per heavy atom. The summed E-state index contributed by atoms with van der Waals surface area (Å²) < 4.78 is 7.69. The molecule has 0 saturated carbocycles. The third-order valence-corrected chi connectivity index (χ3v) is 5.86. The molecule has 162 valence electrons. The number of thiazole rings is 1. The second-order valence-corrected chi connectivity index (χ2v) is 8.22. The number of ketones is 1. The first-order valence-electron chi connectivity index (χ1n) is 10.2. The number of aromatic nitrogens is 2. The fourth-order valence-electron chi connectivity index (χ4n) is 3.50. The van der Waals surface area contributed by atoms with Crippen LogP contribution in [0.1, 0.15) is 37.7 Å². The normalized spacial score (nSPS) is 10.7. The molecule has 0 radical (unpaired) electrons. The Labute approximate surface area is 190 Å². The molecule has 0 bridgehead atoms. The summed E-state index contributed by atoms with van der Waals surface area (Å²) in [6.45, 7) is 4.18. The van der Waals surface area contributed by atoms with Crippen molar-refractivity contribution in [2.24, 2.45) is 0 Å². The lowest BCUT2D eigenvalue weighted by atomic mass is 10.1. The fraction of sp³-hybridized carbons (Fsp3) is 0.160. The van der Waals surface area contributed by atoms with Gasteiger partial charge in [0.2, 0.25) is 5.78 Å². The zero-order valence-corrected chi connectivity index (χ0v) is 18.7. The molecule has 0 aliphatic rings. The van der Waals surface area contributed by atoms with Crippen LogP contribution in [0, 0.1) is 13.8 Å². The first kappa shape index (κ1) is 21.5. The van der Waals surface area contributed by atoms with E-state index in [-0.39, 0.29) is 18.3 Å². The topological polar surface area (TPSA) is 73.2 Å². The summed E-state index contributed by atoms with van der Waals surface area (Å²) in [5.41, 5.74) is 3.88. The molecule has 4 rings (SSSR count). The SMILES string of the molecule is Cc1cc(C(=O)COc2cccc(C(=O)NCc3ccccc3)c2)c(C)n1-c1nccs1. The number of hydrogen-bond donors (Lipinski definition) is 1. The smallest absolute Gasteiger partial charge is 0.251 e. The van der Waals surface area contributed by atoms with Gasteiger partial charge >= 0.3 is 0 Å². The van der Waals surface area contributed by atoms with Gasteiger partial charge in [0.15, 0.2) is 11.7 Å². The second-order valence-electron chi connectivity index (χ2n) is 7.34. The van der Waals surface area contributed by atoms with E-state index < -0.39 is 0 Å². The molecule has 0 aliphatic carbocycles. The molecule has 0 aliphatic heterocycles. The third-order valence-electron chi connectivity index (χ3n) is 5.10. The molecule has 32 heavy (non-hydrogen) atoms. The molecule has 0 fully saturated rings. The van der Waals surface area contributed by atoms with Crippen LogP contribution in [0.25, 0.3) is 5.13 Å². The molecule has 1 N–H and O–H groups in total. The molecule has 6 nitrogen and oxygen atoms in total. The van der Waals surface area contributed by atoms with Gasteiger partial charge < -0.3 is 10.1 Å². The van der Waals surface area contributed by atoms with Crippen LogP contribution in [0.2, 0.25) is 0 Å². The standard InChI is InChI=1S/C25H23N3O3S/c1-17-13-22(18(2)28(17)25-26-11-12-32-25)23(29)16-31-21-10-6-9-20(14-21)24(30)27-15-19-7-4-3-5-8-19/h3-14H,15-16H2,1-2H3,(H,27,30). The van der Waals surface area contributed by atoms with Crippen LogP contribution in [-0.2, 0) is 6.54 Å². The van der Waals surface area contributed by atoms with E-state index in [9.17, 15) is 9.59 Å². The molecule has 7 heteroatoms. The Hall–Kier alpha value is -3.71. The molecule has 0 spiro atoms. The quantitative estimate of drug-likeness (QED) is 0.398. The van der Waals surface area contributed by atoms with E-state index >= 15 is 0 Å². The summed E-state index contributed by atoms with van der Waals surface area (Å²) in [5.74, 6) is 0.150. The number of carbonyl (C=O) groups is 2. The summed E-state index contributed by atoms with van der Waals surface area (Å²) in [4.78, 5) is 29.6. The summed E-state index contributed by atoms with van der Waals surface area (Å²) in [7, 11) is 0. The number of nitrogens with one attached hydrogen (secondary N) is 1. The van der Waals surface area contributed by atoms with Gasteiger partial charge in [-0.25, -0.2) is 4.98 Å². The number of amides is 1. The Bertz CT molecular complexity index is 1230. The molecule has 1 amide bonds. The van der Waals surface area contributed by atoms with Crippen LogP contribution < -0.4 is 10.1 Å². The molecule has 2 heterocycles. The molecule has 2 aromatic heterocycles. The van der Waals surface area contributed by atoms with E-state index in [2.05, 4.69) is 10.3 Å². The van der Waals surface area contributed by atoms with Gasteiger partial charge in [-0.2, -0.15) is 0 Å². The Balaban J connectivity index is 1.40. The minimum atomic E-state index is -0.197. The highest BCUT2D eigenvalue weighted by atomic mass is 32.1. The summed E-state index contributed by atoms with van der Waals surface area (Å²) in [6, 6.07) is 18.4. The predicted molar refractivity (Wildman–Crippen MR) is 125 cm³/mol. The maximum atomic E-state index is 12.8. The van der Waals surface area contributed by atoms with Crippen molar-refractivity contribution in [1.29, 1.82) is 0 Å². The largest absolute Gasteiger partial charge is 0.485 e. The maximum Gasteiger partial charge on any atom is 0.251 e. The van der Waals surface area contributed by atoms with Crippen molar-refractivity contribution in [2.75, 3.05) is 6.61 Å². The highest BCUT2D eigenvalue weighted by molar-refractivity contribution is 7.12. The average molecular weight is 446 g/mol. The molecular weight excluding hydrogens is 422 g/mol. The number of carbonyl (C=O) groups excluding carboxylic acids is 2. The van der Waals surface area contributed by atoms with E-state index in [4.69, 9.17) is 4.74 Å². The number of aryl methyl sites for hydroxylation is 1. The summed E-state index contributed by atoms with van der Waals surface area (Å²) in [6.07, 6.45) is 1.74. The molecular formula is C25H23N3O3S. The first-order valence-corrected chi connectivity index (χ1v) is 11.1. The monoisotopic (exact) mass is 445 g/mol. The zero-order valence-electron chi connectivity index (χ0n) is 17.9. The van der Waals surface area contributed by atoms with Gasteiger partial charge in [-0.3, -0.25) is 14.2 Å². The minimum Gasteiger partial charge on any atom is -0.485 e. The van der Waals surface area contributed by atoms with Crippen LogP contribution in [0.3, 0.4) is 0 Å². The zero-order chi connectivity index (χ0) is 22.5. The van der Waals surface area contributed by atoms with Gasteiger partial charge in [0.05, 0.1) is 0 Å². The number of rotatable bonds is 8. The fourth-order valence-corrected chi connectivity index (χ4v) is 4.25. The molecule has 4 aromatic rings. The molecule has 0 saturated heterocycles. The maximum absolute atomic E-state index is 12.8. The van der Waals surface area contributed by atoms with E-state index in [0.717, 1.165) is 22.1 Å². The second kappa shape index (κ2) is 9.62. The Morgan fingerprint density at radius 2 is 1.88 bits per heavy atom. The number of Topliss-reactive ketones (excluding diaryl/α,β-unsaturated/α-hetero) is 1. The van der Waals surface area contributed by atoms with Gasteiger partial charge in [0.25, 0.3) is 5.91 Å². The van der Waals surface area contributed by atoms with Crippen LogP contribution >= 0.6 is 11.3 Å². The van der Waals surface area contributed by atoms with Crippen molar-refractivity contribution >= 4 is 23.0 Å². The third kappa shape index (κ3) is 4.78. The van der Waals surface area contributed by atoms with Crippen LogP contribution in [-0.4, -0.2) is 27.8 Å². The molecule has 0 unspecified atom stereocenters. The Kier molecular flexibility index (Phi) is 6.47. The van der Waals surface area contributed by atoms with Crippen molar-refractivity contribution < 1.29 is 14.3 Å². The average Bonchev–Trinajstić information content (AvgIpc) is 3.44. The van der Waals surface area contributed by atoms with E-state index in [0.29, 0.717) is 23.4 Å². The van der Waals surface area contributed by atoms with Crippen LogP contribution in [0.15, 0.2) is 72.2 Å². The van der Waals surface area contributed by atoms with Crippen molar-refractivity contribution in [3.63, 3.8) is 0 Å². The van der Waals surface area contributed by atoms with Crippen molar-refractivity contribution in [1.82, 2.24) is 14.9 Å². The lowest BCUT2D eigenvalue weighted by Crippen LogP contribution is -2.22. The van der Waals surface area contributed by atoms with Crippen LogP contribution in [0.4, 0.5) is 0 Å². The lowest BCUT2D eigenvalue weighted by Gasteiger charge is -2.09. The van der Waals surface area contributed by atoms with E-state index in [1.54, 1.807) is 30.5 Å². The molecule has 0 atom stereocenters. The van der Waals surface area contributed by atoms with Crippen molar-refractivity contribution in [2.45, 2.75) is 20.4 Å². The van der Waals surface area contributed by atoms with Gasteiger partial charge in [-0.15, -0.1) is 11.3 Å². The van der Waals surface area contributed by atoms with Gasteiger partial charge in [0, 0.05) is 40.6 Å². The Morgan fingerprint density at radius 3 is 2.62 bits per heavy atom. The van der Waals surface area contributed by atoms with Crippen molar-refractivity contribution in [3.05, 3.63) is 100 Å². The van der Waals surface area contributed by atoms with Gasteiger partial charge in [-0.1, -0.05) is 36.4 Å². The molecule has 2 aromatic carbocycles. The van der Waals surface area contributed by atoms with Crippen molar-refractivity contribution in [3.8, 4) is 10.9 Å². The van der Waals surface area contributed by atoms with E-state index in [1.807, 2.05) is 60.2 Å². The first-order chi connectivity index (χ1) is 15.5. The number of ether oxygens (including phenoxy) is 1. The number of nitrogens with zero attached hydrogens (tertiary/aromatic N) is 2. The summed E-state index contributed by atoms with van der Waals surface area (Å²) >= 11 is 1.52. The number of benzene rings is 2. The van der Waals surface area contributed by atoms with Crippen LogP contribution in [0.5, 0.6) is 5.75 Å². The number of hydrogen-bond acceptors (Lipinski definition) is 5. The van der Waals surface area contributed by atoms with Gasteiger partial charge in [-0.05, 0) is 43.7 Å². The van der Waals surface area contributed by atoms with E-state index in [1.165, 1.54) is 11.3 Å². The summed E-state index contributed by atoms with van der Waals surface area (Å²) in [5, 5.41) is 5.63. The lowest BCUT2D eigenvalue weighted by molar-refractivity contribution is 0.0921. The minimum absolute atomic E-state index is 0.114.